The Morgan fingerprint density at radius 3 is 2.94 bits per heavy atom. The minimum atomic E-state index is 0.0515. The number of nitrogens with zero attached hydrogens (tertiary/aromatic N) is 2. The number of hydrogen-bond donors (Lipinski definition) is 1. The van der Waals surface area contributed by atoms with Crippen LogP contribution in [0.15, 0.2) is 12.4 Å². The lowest BCUT2D eigenvalue weighted by Crippen LogP contribution is -2.39. The lowest BCUT2D eigenvalue weighted by molar-refractivity contribution is 0.334. The maximum Gasteiger partial charge on any atom is 0.108 e. The fraction of sp³-hybridized carbons (Fsp3) is 0.800. The second-order valence-electron chi connectivity index (χ2n) is 6.02. The molecule has 0 aliphatic heterocycles. The van der Waals surface area contributed by atoms with Gasteiger partial charge in [0.2, 0.25) is 0 Å². The van der Waals surface area contributed by atoms with E-state index in [-0.39, 0.29) is 5.54 Å². The summed E-state index contributed by atoms with van der Waals surface area (Å²) in [6.45, 7) is 2.31. The molecule has 3 heteroatoms. The van der Waals surface area contributed by atoms with E-state index in [0.717, 1.165) is 24.6 Å². The Bertz CT molecular complexity index is 372. The minimum Gasteiger partial charge on any atom is -0.338 e. The van der Waals surface area contributed by atoms with Crippen LogP contribution >= 0.6 is 0 Å². The van der Waals surface area contributed by atoms with E-state index in [1.807, 2.05) is 12.4 Å². The molecule has 2 unspecified atom stereocenters. The summed E-state index contributed by atoms with van der Waals surface area (Å²) >= 11 is 0. The van der Waals surface area contributed by atoms with Crippen molar-refractivity contribution in [3.05, 3.63) is 18.2 Å². The lowest BCUT2D eigenvalue weighted by atomic mass is 9.86. The average Bonchev–Trinajstić information content (AvgIpc) is 2.66. The van der Waals surface area contributed by atoms with Gasteiger partial charge in [-0.1, -0.05) is 26.2 Å². The van der Waals surface area contributed by atoms with Crippen LogP contribution in [0.1, 0.15) is 57.7 Å². The first kappa shape index (κ1) is 13.6. The summed E-state index contributed by atoms with van der Waals surface area (Å²) in [7, 11) is 2.06. The molecule has 2 rings (SSSR count). The maximum atomic E-state index is 6.61. The van der Waals surface area contributed by atoms with Crippen LogP contribution < -0.4 is 5.73 Å². The summed E-state index contributed by atoms with van der Waals surface area (Å²) in [5.74, 6) is 2.07. The van der Waals surface area contributed by atoms with E-state index in [1.165, 1.54) is 38.5 Å². The smallest absolute Gasteiger partial charge is 0.108 e. The summed E-state index contributed by atoms with van der Waals surface area (Å²) in [5.41, 5.74) is 6.66. The average molecular weight is 249 g/mol. The van der Waals surface area contributed by atoms with Gasteiger partial charge in [-0.25, -0.2) is 4.98 Å². The third-order valence-corrected chi connectivity index (χ3v) is 4.68. The Morgan fingerprint density at radius 1 is 1.44 bits per heavy atom. The van der Waals surface area contributed by atoms with Crippen molar-refractivity contribution in [2.75, 3.05) is 0 Å². The van der Waals surface area contributed by atoms with Crippen molar-refractivity contribution >= 4 is 0 Å². The van der Waals surface area contributed by atoms with Crippen molar-refractivity contribution in [1.29, 1.82) is 0 Å². The van der Waals surface area contributed by atoms with Gasteiger partial charge in [-0.3, -0.25) is 0 Å². The van der Waals surface area contributed by atoms with Crippen molar-refractivity contribution in [2.45, 2.75) is 63.8 Å². The predicted octanol–water partition coefficient (Wildman–Crippen LogP) is 3.04. The molecular formula is C15H27N3. The van der Waals surface area contributed by atoms with Gasteiger partial charge in [0.15, 0.2) is 0 Å². The molecule has 0 amide bonds. The largest absolute Gasteiger partial charge is 0.338 e. The molecule has 1 heterocycles. The SMILES string of the molecule is CCC1CCCC(N)(CCc2nccn2C)CC1. The fourth-order valence-corrected chi connectivity index (χ4v) is 3.16. The number of aryl methyl sites for hydroxylation is 2. The van der Waals surface area contributed by atoms with Gasteiger partial charge in [0.1, 0.15) is 5.82 Å². The first-order chi connectivity index (χ1) is 8.63. The highest BCUT2D eigenvalue weighted by molar-refractivity contribution is 4.96. The maximum absolute atomic E-state index is 6.61. The Morgan fingerprint density at radius 2 is 2.28 bits per heavy atom. The monoisotopic (exact) mass is 249 g/mol. The molecule has 18 heavy (non-hydrogen) atoms. The number of hydrogen-bond acceptors (Lipinski definition) is 2. The van der Waals surface area contributed by atoms with Crippen molar-refractivity contribution in [3.63, 3.8) is 0 Å². The van der Waals surface area contributed by atoms with Gasteiger partial charge in [0.05, 0.1) is 0 Å². The van der Waals surface area contributed by atoms with E-state index in [1.54, 1.807) is 0 Å². The zero-order valence-electron chi connectivity index (χ0n) is 11.9. The van der Waals surface area contributed by atoms with Crippen LogP contribution in [0.3, 0.4) is 0 Å². The van der Waals surface area contributed by atoms with Crippen molar-refractivity contribution in [3.8, 4) is 0 Å². The van der Waals surface area contributed by atoms with Crippen molar-refractivity contribution in [1.82, 2.24) is 9.55 Å². The van der Waals surface area contributed by atoms with E-state index in [0.29, 0.717) is 0 Å². The molecule has 1 aromatic rings. The first-order valence-corrected chi connectivity index (χ1v) is 7.38. The van der Waals surface area contributed by atoms with Gasteiger partial charge in [-0.15, -0.1) is 0 Å². The van der Waals surface area contributed by atoms with Crippen LogP contribution in [0.5, 0.6) is 0 Å². The molecule has 1 aliphatic carbocycles. The van der Waals surface area contributed by atoms with E-state index in [4.69, 9.17) is 5.73 Å². The summed E-state index contributed by atoms with van der Waals surface area (Å²) in [6, 6.07) is 0. The van der Waals surface area contributed by atoms with E-state index >= 15 is 0 Å². The third kappa shape index (κ3) is 3.35. The third-order valence-electron chi connectivity index (χ3n) is 4.68. The predicted molar refractivity (Wildman–Crippen MR) is 75.3 cm³/mol. The number of rotatable bonds is 4. The molecule has 102 valence electrons. The molecule has 0 aromatic carbocycles. The van der Waals surface area contributed by atoms with Crippen LogP contribution in [0.25, 0.3) is 0 Å². The number of nitrogens with two attached hydrogens (primary N) is 1. The van der Waals surface area contributed by atoms with E-state index in [2.05, 4.69) is 23.5 Å². The second kappa shape index (κ2) is 5.87. The fourth-order valence-electron chi connectivity index (χ4n) is 3.16. The van der Waals surface area contributed by atoms with Gasteiger partial charge in [0, 0.05) is 31.4 Å². The Balaban J connectivity index is 1.89. The molecule has 1 fully saturated rings. The Labute approximate surface area is 111 Å². The van der Waals surface area contributed by atoms with Gasteiger partial charge in [-0.2, -0.15) is 0 Å². The summed E-state index contributed by atoms with van der Waals surface area (Å²) in [5, 5.41) is 0. The summed E-state index contributed by atoms with van der Waals surface area (Å²) in [6.07, 6.45) is 13.7. The van der Waals surface area contributed by atoms with Crippen LogP contribution in [0.2, 0.25) is 0 Å². The molecule has 1 aliphatic rings. The van der Waals surface area contributed by atoms with Gasteiger partial charge in [0.25, 0.3) is 0 Å². The van der Waals surface area contributed by atoms with E-state index < -0.39 is 0 Å². The molecule has 2 atom stereocenters. The summed E-state index contributed by atoms with van der Waals surface area (Å²) in [4.78, 5) is 4.39. The molecular weight excluding hydrogens is 222 g/mol. The minimum absolute atomic E-state index is 0.0515. The van der Waals surface area contributed by atoms with Crippen LogP contribution in [0.4, 0.5) is 0 Å². The standard InChI is InChI=1S/C15H27N3/c1-3-13-5-4-8-15(16,9-6-13)10-7-14-17-11-12-18(14)2/h11-13H,3-10,16H2,1-2H3. The molecule has 0 spiro atoms. The van der Waals surface area contributed by atoms with Gasteiger partial charge in [-0.05, 0) is 31.6 Å². The molecule has 0 bridgehead atoms. The molecule has 2 N–H and O–H groups in total. The second-order valence-corrected chi connectivity index (χ2v) is 6.02. The van der Waals surface area contributed by atoms with E-state index in [9.17, 15) is 0 Å². The molecule has 0 radical (unpaired) electrons. The quantitative estimate of drug-likeness (QED) is 0.834. The highest BCUT2D eigenvalue weighted by atomic mass is 15.0. The van der Waals surface area contributed by atoms with Crippen LogP contribution in [-0.4, -0.2) is 15.1 Å². The van der Waals surface area contributed by atoms with Gasteiger partial charge < -0.3 is 10.3 Å². The first-order valence-electron chi connectivity index (χ1n) is 7.38. The van der Waals surface area contributed by atoms with Gasteiger partial charge >= 0.3 is 0 Å². The molecule has 1 aromatic heterocycles. The van der Waals surface area contributed by atoms with Crippen LogP contribution in [0, 0.1) is 5.92 Å². The van der Waals surface area contributed by atoms with Crippen LogP contribution in [-0.2, 0) is 13.5 Å². The van der Waals surface area contributed by atoms with Crippen molar-refractivity contribution in [2.24, 2.45) is 18.7 Å². The lowest BCUT2D eigenvalue weighted by Gasteiger charge is -2.28. The molecule has 3 nitrogen and oxygen atoms in total. The zero-order valence-corrected chi connectivity index (χ0v) is 11.9. The topological polar surface area (TPSA) is 43.8 Å². The number of aromatic nitrogens is 2. The molecule has 0 saturated heterocycles. The Kier molecular flexibility index (Phi) is 4.44. The highest BCUT2D eigenvalue weighted by Gasteiger charge is 2.28. The zero-order chi connectivity index (χ0) is 13.0. The highest BCUT2D eigenvalue weighted by Crippen LogP contribution is 2.32. The summed E-state index contributed by atoms with van der Waals surface area (Å²) < 4.78 is 2.11. The van der Waals surface area contributed by atoms with Crippen molar-refractivity contribution < 1.29 is 0 Å². The normalized spacial score (nSPS) is 29.2. The molecule has 1 saturated carbocycles. The Hall–Kier alpha value is -0.830. The number of imidazole rings is 1.